The maximum Gasteiger partial charge on any atom is 0.446 e. The standard InChI is InChI=1S/C15H16F4O/c16-14(15(17,18)19)13(12-8-4-5-9-12)20-10-11-6-2-1-3-7-11/h1-3,6-7,12H,4-5,8-10H2/b14-13-. The summed E-state index contributed by atoms with van der Waals surface area (Å²) in [6, 6.07) is 8.79. The lowest BCUT2D eigenvalue weighted by Gasteiger charge is -2.18. The van der Waals surface area contributed by atoms with Crippen LogP contribution in [0.15, 0.2) is 41.9 Å². The first-order valence-corrected chi connectivity index (χ1v) is 6.62. The quantitative estimate of drug-likeness (QED) is 0.551. The summed E-state index contributed by atoms with van der Waals surface area (Å²) in [5.74, 6) is -3.07. The van der Waals surface area contributed by atoms with Gasteiger partial charge in [0.05, 0.1) is 0 Å². The Labute approximate surface area is 115 Å². The van der Waals surface area contributed by atoms with Crippen LogP contribution in [0.25, 0.3) is 0 Å². The predicted octanol–water partition coefficient (Wildman–Crippen LogP) is 5.14. The number of benzene rings is 1. The Morgan fingerprint density at radius 2 is 1.70 bits per heavy atom. The third-order valence-corrected chi connectivity index (χ3v) is 3.43. The molecule has 0 bridgehead atoms. The molecular weight excluding hydrogens is 272 g/mol. The van der Waals surface area contributed by atoms with Crippen LogP contribution in [-0.2, 0) is 11.3 Å². The first-order valence-electron chi connectivity index (χ1n) is 6.62. The second-order valence-corrected chi connectivity index (χ2v) is 4.93. The van der Waals surface area contributed by atoms with Crippen molar-refractivity contribution < 1.29 is 22.3 Å². The van der Waals surface area contributed by atoms with E-state index in [0.717, 1.165) is 18.4 Å². The first-order chi connectivity index (χ1) is 9.48. The molecule has 1 saturated carbocycles. The van der Waals surface area contributed by atoms with Gasteiger partial charge in [-0.25, -0.2) is 0 Å². The Bertz CT molecular complexity index is 459. The van der Waals surface area contributed by atoms with Crippen molar-refractivity contribution in [1.82, 2.24) is 0 Å². The Morgan fingerprint density at radius 3 is 2.25 bits per heavy atom. The number of hydrogen-bond donors (Lipinski definition) is 0. The second kappa shape index (κ2) is 6.29. The Morgan fingerprint density at radius 1 is 1.10 bits per heavy atom. The summed E-state index contributed by atoms with van der Waals surface area (Å²) < 4.78 is 56.4. The highest BCUT2D eigenvalue weighted by Crippen LogP contribution is 2.39. The summed E-state index contributed by atoms with van der Waals surface area (Å²) in [6.07, 6.45) is -2.25. The number of hydrogen-bond acceptors (Lipinski definition) is 1. The van der Waals surface area contributed by atoms with Crippen molar-refractivity contribution in [2.24, 2.45) is 5.92 Å². The summed E-state index contributed by atoms with van der Waals surface area (Å²) in [5.41, 5.74) is 0.720. The lowest BCUT2D eigenvalue weighted by molar-refractivity contribution is -0.115. The van der Waals surface area contributed by atoms with Gasteiger partial charge in [-0.05, 0) is 18.4 Å². The predicted molar refractivity (Wildman–Crippen MR) is 67.4 cm³/mol. The molecule has 1 aromatic rings. The molecule has 0 saturated heterocycles. The molecule has 5 heteroatoms. The number of rotatable bonds is 4. The lowest BCUT2D eigenvalue weighted by Crippen LogP contribution is -2.16. The van der Waals surface area contributed by atoms with Crippen LogP contribution in [0.1, 0.15) is 31.2 Å². The zero-order valence-electron chi connectivity index (χ0n) is 10.9. The van der Waals surface area contributed by atoms with Crippen molar-refractivity contribution in [2.75, 3.05) is 0 Å². The molecule has 1 nitrogen and oxygen atoms in total. The molecule has 110 valence electrons. The highest BCUT2D eigenvalue weighted by atomic mass is 19.4. The van der Waals surface area contributed by atoms with Crippen LogP contribution in [0.3, 0.4) is 0 Å². The molecule has 0 spiro atoms. The third kappa shape index (κ3) is 3.74. The van der Waals surface area contributed by atoms with Crippen LogP contribution >= 0.6 is 0 Å². The summed E-state index contributed by atoms with van der Waals surface area (Å²) in [7, 11) is 0. The Hall–Kier alpha value is -1.52. The molecule has 0 aromatic heterocycles. The molecular formula is C15H16F4O. The molecule has 1 aliphatic carbocycles. The van der Waals surface area contributed by atoms with E-state index in [2.05, 4.69) is 0 Å². The van der Waals surface area contributed by atoms with Gasteiger partial charge in [-0.3, -0.25) is 0 Å². The SMILES string of the molecule is F/C(=C(\OCc1ccccc1)C1CCCC1)C(F)(F)F. The third-order valence-electron chi connectivity index (χ3n) is 3.43. The molecule has 0 N–H and O–H groups in total. The first kappa shape index (κ1) is 14.9. The molecule has 2 rings (SSSR count). The maximum absolute atomic E-state index is 13.6. The molecule has 1 aromatic carbocycles. The van der Waals surface area contributed by atoms with Crippen LogP contribution in [0.5, 0.6) is 0 Å². The van der Waals surface area contributed by atoms with E-state index in [1.807, 2.05) is 0 Å². The normalized spacial score (nSPS) is 18.0. The van der Waals surface area contributed by atoms with Gasteiger partial charge in [0.2, 0.25) is 5.83 Å². The molecule has 0 unspecified atom stereocenters. The molecule has 0 heterocycles. The van der Waals surface area contributed by atoms with E-state index in [1.165, 1.54) is 0 Å². The van der Waals surface area contributed by atoms with Crippen molar-refractivity contribution in [3.8, 4) is 0 Å². The summed E-state index contributed by atoms with van der Waals surface area (Å²) in [5, 5.41) is 0. The topological polar surface area (TPSA) is 9.23 Å². The number of halogens is 4. The Kier molecular flexibility index (Phi) is 4.68. The fraction of sp³-hybridized carbons (Fsp3) is 0.467. The molecule has 0 radical (unpaired) electrons. The molecule has 1 fully saturated rings. The fourth-order valence-electron chi connectivity index (χ4n) is 2.42. The van der Waals surface area contributed by atoms with E-state index < -0.39 is 23.7 Å². The van der Waals surface area contributed by atoms with E-state index >= 15 is 0 Å². The van der Waals surface area contributed by atoms with Gasteiger partial charge in [-0.15, -0.1) is 0 Å². The second-order valence-electron chi connectivity index (χ2n) is 4.93. The van der Waals surface area contributed by atoms with Crippen LogP contribution < -0.4 is 0 Å². The van der Waals surface area contributed by atoms with Crippen LogP contribution in [-0.4, -0.2) is 6.18 Å². The zero-order valence-corrected chi connectivity index (χ0v) is 10.9. The van der Waals surface area contributed by atoms with Crippen molar-refractivity contribution in [2.45, 2.75) is 38.5 Å². The van der Waals surface area contributed by atoms with Crippen molar-refractivity contribution in [3.05, 3.63) is 47.5 Å². The summed E-state index contributed by atoms with van der Waals surface area (Å²) >= 11 is 0. The maximum atomic E-state index is 13.6. The average Bonchev–Trinajstić information content (AvgIpc) is 2.93. The van der Waals surface area contributed by atoms with Crippen LogP contribution in [0, 0.1) is 5.92 Å². The smallest absolute Gasteiger partial charge is 0.446 e. The largest absolute Gasteiger partial charge is 0.490 e. The van der Waals surface area contributed by atoms with E-state index in [0.29, 0.717) is 12.8 Å². The van der Waals surface area contributed by atoms with Gasteiger partial charge >= 0.3 is 6.18 Å². The van der Waals surface area contributed by atoms with Crippen molar-refractivity contribution in [1.29, 1.82) is 0 Å². The van der Waals surface area contributed by atoms with E-state index in [1.54, 1.807) is 30.3 Å². The summed E-state index contributed by atoms with van der Waals surface area (Å²) in [4.78, 5) is 0. The average molecular weight is 288 g/mol. The molecule has 0 amide bonds. The van der Waals surface area contributed by atoms with E-state index in [-0.39, 0.29) is 6.61 Å². The molecule has 1 aliphatic rings. The lowest BCUT2D eigenvalue weighted by atomic mass is 10.0. The monoisotopic (exact) mass is 288 g/mol. The highest BCUT2D eigenvalue weighted by molar-refractivity contribution is 5.16. The van der Waals surface area contributed by atoms with Crippen molar-refractivity contribution >= 4 is 0 Å². The minimum absolute atomic E-state index is 0.0455. The van der Waals surface area contributed by atoms with Crippen LogP contribution in [0.2, 0.25) is 0 Å². The minimum Gasteiger partial charge on any atom is -0.490 e. The van der Waals surface area contributed by atoms with Gasteiger partial charge < -0.3 is 4.74 Å². The number of alkyl halides is 3. The minimum atomic E-state index is -4.98. The van der Waals surface area contributed by atoms with Gasteiger partial charge in [0.1, 0.15) is 12.4 Å². The van der Waals surface area contributed by atoms with Gasteiger partial charge in [-0.2, -0.15) is 17.6 Å². The van der Waals surface area contributed by atoms with Crippen LogP contribution in [0.4, 0.5) is 17.6 Å². The van der Waals surface area contributed by atoms with Gasteiger partial charge in [-0.1, -0.05) is 43.2 Å². The number of allylic oxidation sites excluding steroid dienone is 2. The van der Waals surface area contributed by atoms with Gasteiger partial charge in [0, 0.05) is 5.92 Å². The fourth-order valence-corrected chi connectivity index (χ4v) is 2.42. The van der Waals surface area contributed by atoms with Crippen molar-refractivity contribution in [3.63, 3.8) is 0 Å². The van der Waals surface area contributed by atoms with E-state index in [4.69, 9.17) is 4.74 Å². The highest BCUT2D eigenvalue weighted by Gasteiger charge is 2.41. The number of ether oxygens (including phenoxy) is 1. The zero-order chi connectivity index (χ0) is 14.6. The van der Waals surface area contributed by atoms with Gasteiger partial charge in [0.15, 0.2) is 0 Å². The Balaban J connectivity index is 2.15. The van der Waals surface area contributed by atoms with E-state index in [9.17, 15) is 17.6 Å². The van der Waals surface area contributed by atoms with Gasteiger partial charge in [0.25, 0.3) is 0 Å². The molecule has 20 heavy (non-hydrogen) atoms. The summed E-state index contributed by atoms with van der Waals surface area (Å²) in [6.45, 7) is -0.0455. The molecule has 0 atom stereocenters. The molecule has 0 aliphatic heterocycles.